The first kappa shape index (κ1) is 12.3. The van der Waals surface area contributed by atoms with Gasteiger partial charge in [-0.3, -0.25) is 0 Å². The monoisotopic (exact) mass is 300 g/mol. The zero-order valence-corrected chi connectivity index (χ0v) is 9.43. The Morgan fingerprint density at radius 3 is 2.67 bits per heavy atom. The van der Waals surface area contributed by atoms with Crippen molar-refractivity contribution in [3.05, 3.63) is 31.9 Å². The molecule has 0 saturated carbocycles. The molecule has 0 saturated heterocycles. The number of pyridine rings is 1. The van der Waals surface area contributed by atoms with Gasteiger partial charge in [0.05, 0.1) is 5.88 Å². The van der Waals surface area contributed by atoms with Crippen LogP contribution in [-0.2, 0) is 5.88 Å². The number of nitro groups is 1. The Morgan fingerprint density at radius 2 is 2.27 bits per heavy atom. The summed E-state index contributed by atoms with van der Waals surface area (Å²) in [5.41, 5.74) is -0.407. The predicted octanol–water partition coefficient (Wildman–Crippen LogP) is 3.43. The molecule has 0 fully saturated rings. The first-order chi connectivity index (χ1) is 6.97. The van der Waals surface area contributed by atoms with Gasteiger partial charge in [-0.1, -0.05) is 0 Å². The summed E-state index contributed by atoms with van der Waals surface area (Å²) in [6.07, 6.45) is -2.82. The molecule has 4 nitrogen and oxygen atoms in total. The third-order valence-corrected chi connectivity index (χ3v) is 2.57. The van der Waals surface area contributed by atoms with E-state index >= 15 is 0 Å². The quantitative estimate of drug-likeness (QED) is 0.372. The summed E-state index contributed by atoms with van der Waals surface area (Å²) in [5.74, 6) is -0.823. The maximum atomic E-state index is 12.5. The van der Waals surface area contributed by atoms with Gasteiger partial charge in [-0.25, -0.2) is 8.78 Å². The fraction of sp³-hybridized carbons (Fsp3) is 0.286. The highest BCUT2D eigenvalue weighted by atomic mass is 79.9. The lowest BCUT2D eigenvalue weighted by molar-refractivity contribution is -0.389. The van der Waals surface area contributed by atoms with Gasteiger partial charge in [0.25, 0.3) is 6.43 Å². The van der Waals surface area contributed by atoms with Crippen LogP contribution in [0.3, 0.4) is 0 Å². The highest BCUT2D eigenvalue weighted by molar-refractivity contribution is 9.10. The van der Waals surface area contributed by atoms with Crippen molar-refractivity contribution in [2.45, 2.75) is 12.3 Å². The van der Waals surface area contributed by atoms with Crippen molar-refractivity contribution < 1.29 is 13.7 Å². The largest absolute Gasteiger partial charge is 0.365 e. The Hall–Kier alpha value is -0.820. The molecule has 1 aromatic heterocycles. The van der Waals surface area contributed by atoms with E-state index in [2.05, 4.69) is 20.9 Å². The molecule has 0 aliphatic rings. The zero-order chi connectivity index (χ0) is 11.6. The number of alkyl halides is 3. The first-order valence-corrected chi connectivity index (χ1v) is 4.98. The van der Waals surface area contributed by atoms with E-state index in [1.165, 1.54) is 0 Å². The van der Waals surface area contributed by atoms with Crippen LogP contribution in [-0.4, -0.2) is 9.91 Å². The maximum absolute atomic E-state index is 12.5. The molecule has 0 aliphatic heterocycles. The van der Waals surface area contributed by atoms with Crippen LogP contribution in [0.15, 0.2) is 10.7 Å². The van der Waals surface area contributed by atoms with Crippen LogP contribution >= 0.6 is 27.5 Å². The summed E-state index contributed by atoms with van der Waals surface area (Å²) in [4.78, 5) is 13.0. The minimum atomic E-state index is -2.82. The molecule has 15 heavy (non-hydrogen) atoms. The first-order valence-electron chi connectivity index (χ1n) is 3.65. The van der Waals surface area contributed by atoms with E-state index in [1.807, 2.05) is 0 Å². The Kier molecular flexibility index (Phi) is 3.92. The molecule has 0 aliphatic carbocycles. The lowest BCUT2D eigenvalue weighted by Crippen LogP contribution is -2.00. The summed E-state index contributed by atoms with van der Waals surface area (Å²) < 4.78 is 25.0. The number of halogens is 4. The molecular formula is C7H4BrClF2N2O2. The summed E-state index contributed by atoms with van der Waals surface area (Å²) in [6.45, 7) is 0. The van der Waals surface area contributed by atoms with Crippen molar-refractivity contribution in [3.8, 4) is 0 Å². The van der Waals surface area contributed by atoms with Crippen molar-refractivity contribution in [2.24, 2.45) is 0 Å². The van der Waals surface area contributed by atoms with Crippen molar-refractivity contribution in [1.82, 2.24) is 4.98 Å². The number of aromatic nitrogens is 1. The number of rotatable bonds is 3. The standard InChI is InChI=1S/C7H4BrClF2N2O2/c8-6-4(2-9)3(7(10)11)1-5(12-6)13(14)15/h1,7H,2H2. The molecule has 0 radical (unpaired) electrons. The number of hydrogen-bond acceptors (Lipinski definition) is 3. The second-order valence-electron chi connectivity index (χ2n) is 2.53. The average Bonchev–Trinajstić information content (AvgIpc) is 2.16. The normalized spacial score (nSPS) is 10.7. The third-order valence-electron chi connectivity index (χ3n) is 1.65. The molecule has 0 atom stereocenters. The fourth-order valence-electron chi connectivity index (χ4n) is 0.966. The molecular weight excluding hydrogens is 297 g/mol. The second-order valence-corrected chi connectivity index (χ2v) is 3.55. The third kappa shape index (κ3) is 2.60. The summed E-state index contributed by atoms with van der Waals surface area (Å²) >= 11 is 8.30. The molecule has 0 aromatic carbocycles. The molecule has 8 heteroatoms. The van der Waals surface area contributed by atoms with Gasteiger partial charge in [0.1, 0.15) is 0 Å². The van der Waals surface area contributed by atoms with Crippen LogP contribution in [0.5, 0.6) is 0 Å². The van der Waals surface area contributed by atoms with E-state index in [0.717, 1.165) is 6.07 Å². The molecule has 0 bridgehead atoms. The van der Waals surface area contributed by atoms with E-state index in [0.29, 0.717) is 0 Å². The highest BCUT2D eigenvalue weighted by Crippen LogP contribution is 2.31. The van der Waals surface area contributed by atoms with E-state index in [4.69, 9.17) is 11.6 Å². The zero-order valence-electron chi connectivity index (χ0n) is 7.08. The molecule has 82 valence electrons. The fourth-order valence-corrected chi connectivity index (χ4v) is 1.96. The van der Waals surface area contributed by atoms with Crippen LogP contribution in [0, 0.1) is 10.1 Å². The van der Waals surface area contributed by atoms with Crippen LogP contribution in [0.1, 0.15) is 17.6 Å². The molecule has 0 N–H and O–H groups in total. The van der Waals surface area contributed by atoms with Gasteiger partial charge in [0.15, 0.2) is 0 Å². The van der Waals surface area contributed by atoms with Gasteiger partial charge in [-0.15, -0.1) is 11.6 Å². The van der Waals surface area contributed by atoms with Gasteiger partial charge in [0.2, 0.25) is 4.60 Å². The molecule has 1 aromatic rings. The lowest BCUT2D eigenvalue weighted by Gasteiger charge is -2.05. The maximum Gasteiger partial charge on any atom is 0.365 e. The number of hydrogen-bond donors (Lipinski definition) is 0. The predicted molar refractivity (Wildman–Crippen MR) is 53.1 cm³/mol. The second kappa shape index (κ2) is 4.80. The Labute approximate surface area is 96.5 Å². The van der Waals surface area contributed by atoms with E-state index < -0.39 is 22.7 Å². The van der Waals surface area contributed by atoms with Crippen LogP contribution in [0.2, 0.25) is 0 Å². The van der Waals surface area contributed by atoms with Crippen molar-refractivity contribution in [2.75, 3.05) is 0 Å². The molecule has 1 rings (SSSR count). The minimum Gasteiger partial charge on any atom is -0.358 e. The average molecular weight is 301 g/mol. The highest BCUT2D eigenvalue weighted by Gasteiger charge is 2.23. The van der Waals surface area contributed by atoms with Crippen LogP contribution < -0.4 is 0 Å². The lowest BCUT2D eigenvalue weighted by atomic mass is 10.1. The molecule has 0 spiro atoms. The topological polar surface area (TPSA) is 56.0 Å². The summed E-state index contributed by atoms with van der Waals surface area (Å²) in [5, 5.41) is 10.4. The van der Waals surface area contributed by atoms with Gasteiger partial charge in [-0.05, 0) is 9.91 Å². The van der Waals surface area contributed by atoms with Crippen LogP contribution in [0.25, 0.3) is 0 Å². The minimum absolute atomic E-state index is 0.0259. The van der Waals surface area contributed by atoms with Crippen molar-refractivity contribution >= 4 is 33.3 Å². The van der Waals surface area contributed by atoms with E-state index in [-0.39, 0.29) is 16.0 Å². The smallest absolute Gasteiger partial charge is 0.358 e. The van der Waals surface area contributed by atoms with Gasteiger partial charge in [0, 0.05) is 33.1 Å². The number of nitrogens with zero attached hydrogens (tertiary/aromatic N) is 2. The molecule has 0 amide bonds. The van der Waals surface area contributed by atoms with Gasteiger partial charge in [-0.2, -0.15) is 0 Å². The Morgan fingerprint density at radius 1 is 1.67 bits per heavy atom. The van der Waals surface area contributed by atoms with Crippen LogP contribution in [0.4, 0.5) is 14.6 Å². The van der Waals surface area contributed by atoms with Gasteiger partial charge < -0.3 is 10.1 Å². The summed E-state index contributed by atoms with van der Waals surface area (Å²) in [7, 11) is 0. The SMILES string of the molecule is O=[N+]([O-])c1cc(C(F)F)c(CCl)c(Br)n1. The van der Waals surface area contributed by atoms with Crippen molar-refractivity contribution in [3.63, 3.8) is 0 Å². The Bertz CT molecular complexity index is 403. The molecule has 0 unspecified atom stereocenters. The Balaban J connectivity index is 3.38. The van der Waals surface area contributed by atoms with Gasteiger partial charge >= 0.3 is 5.82 Å². The molecule has 1 heterocycles. The summed E-state index contributed by atoms with van der Waals surface area (Å²) in [6, 6.07) is 0.729. The van der Waals surface area contributed by atoms with E-state index in [1.54, 1.807) is 0 Å². The van der Waals surface area contributed by atoms with Crippen molar-refractivity contribution in [1.29, 1.82) is 0 Å². The van der Waals surface area contributed by atoms with E-state index in [9.17, 15) is 18.9 Å².